The van der Waals surface area contributed by atoms with Crippen LogP contribution in [-0.2, 0) is 32.0 Å². The van der Waals surface area contributed by atoms with E-state index in [2.05, 4.69) is 29.1 Å². The summed E-state index contributed by atoms with van der Waals surface area (Å²) in [7, 11) is 0. The minimum atomic E-state index is -4.67. The van der Waals surface area contributed by atoms with Crippen molar-refractivity contribution in [1.29, 1.82) is 0 Å². The first-order chi connectivity index (χ1) is 20.4. The van der Waals surface area contributed by atoms with E-state index < -0.39 is 54.5 Å². The molecular formula is C31H37F3N4O5. The highest BCUT2D eigenvalue weighted by Crippen LogP contribution is 2.16. The van der Waals surface area contributed by atoms with Crippen LogP contribution in [0.2, 0.25) is 0 Å². The number of amides is 4. The third-order valence-electron chi connectivity index (χ3n) is 6.10. The van der Waals surface area contributed by atoms with Crippen molar-refractivity contribution in [3.63, 3.8) is 0 Å². The van der Waals surface area contributed by atoms with Crippen LogP contribution in [0, 0.1) is 0 Å². The van der Waals surface area contributed by atoms with Gasteiger partial charge in [0, 0.05) is 13.3 Å². The molecule has 0 radical (unpaired) electrons. The van der Waals surface area contributed by atoms with Crippen molar-refractivity contribution in [2.45, 2.75) is 56.9 Å². The largest absolute Gasteiger partial charge is 0.490 e. The number of ether oxygens (including phenoxy) is 1. The Balaban J connectivity index is 2.32. The summed E-state index contributed by atoms with van der Waals surface area (Å²) in [5, 5.41) is 9.46. The Morgan fingerprint density at radius 3 is 2.12 bits per heavy atom. The Hall–Kier alpha value is -4.61. The van der Waals surface area contributed by atoms with Crippen molar-refractivity contribution in [3.8, 4) is 5.75 Å². The molecule has 4 N–H and O–H groups in total. The molecule has 2 aromatic rings. The van der Waals surface area contributed by atoms with Gasteiger partial charge in [0.25, 0.3) is 0 Å². The quantitative estimate of drug-likeness (QED) is 0.207. The molecule has 232 valence electrons. The first kappa shape index (κ1) is 34.6. The molecule has 0 aliphatic heterocycles. The van der Waals surface area contributed by atoms with Gasteiger partial charge in [-0.05, 0) is 42.5 Å². The molecule has 0 unspecified atom stereocenters. The van der Waals surface area contributed by atoms with Gasteiger partial charge in [-0.3, -0.25) is 19.2 Å². The van der Waals surface area contributed by atoms with Crippen molar-refractivity contribution >= 4 is 23.6 Å². The highest BCUT2D eigenvalue weighted by Gasteiger charge is 2.32. The van der Waals surface area contributed by atoms with Gasteiger partial charge in [-0.1, -0.05) is 61.2 Å². The molecule has 0 bridgehead atoms. The van der Waals surface area contributed by atoms with Gasteiger partial charge in [0.05, 0.1) is 0 Å². The number of halogens is 3. The van der Waals surface area contributed by atoms with Crippen LogP contribution in [0.1, 0.15) is 30.9 Å². The average molecular weight is 603 g/mol. The summed E-state index contributed by atoms with van der Waals surface area (Å²) in [6.07, 6.45) is -1.30. The second kappa shape index (κ2) is 17.4. The first-order valence-corrected chi connectivity index (χ1v) is 13.6. The molecule has 0 saturated heterocycles. The Morgan fingerprint density at radius 1 is 0.837 bits per heavy atom. The zero-order valence-electron chi connectivity index (χ0n) is 23.9. The molecular weight excluding hydrogens is 565 g/mol. The van der Waals surface area contributed by atoms with Gasteiger partial charge in [0.2, 0.25) is 23.6 Å². The number of carbonyl (C=O) groups excluding carboxylic acids is 4. The fourth-order valence-corrected chi connectivity index (χ4v) is 4.09. The van der Waals surface area contributed by atoms with Gasteiger partial charge < -0.3 is 26.0 Å². The number of hydrogen-bond acceptors (Lipinski definition) is 5. The highest BCUT2D eigenvalue weighted by molar-refractivity contribution is 5.94. The number of alkyl halides is 3. The molecule has 0 spiro atoms. The van der Waals surface area contributed by atoms with Crippen LogP contribution in [0.4, 0.5) is 13.2 Å². The highest BCUT2D eigenvalue weighted by atomic mass is 19.4. The summed E-state index contributed by atoms with van der Waals surface area (Å²) < 4.78 is 44.2. The Bertz CT molecular complexity index is 1250. The lowest BCUT2D eigenvalue weighted by molar-refractivity contribution is -0.141. The van der Waals surface area contributed by atoms with Gasteiger partial charge in [-0.2, -0.15) is 13.2 Å². The summed E-state index contributed by atoms with van der Waals surface area (Å²) in [4.78, 5) is 51.1. The second-order valence-electron chi connectivity index (χ2n) is 9.71. The van der Waals surface area contributed by atoms with Crippen molar-refractivity contribution in [3.05, 3.63) is 91.0 Å². The fraction of sp³-hybridized carbons (Fsp3) is 0.355. The zero-order valence-corrected chi connectivity index (χ0v) is 23.9. The number of hydrogen-bond donors (Lipinski definition) is 4. The van der Waals surface area contributed by atoms with Crippen LogP contribution in [0.5, 0.6) is 5.75 Å². The Labute approximate surface area is 248 Å². The first-order valence-electron chi connectivity index (χ1n) is 13.6. The number of nitrogens with one attached hydrogen (secondary N) is 4. The molecule has 0 aliphatic carbocycles. The molecule has 0 aromatic heterocycles. The summed E-state index contributed by atoms with van der Waals surface area (Å²) in [6, 6.07) is 12.1. The maximum Gasteiger partial charge on any atom is 0.405 e. The van der Waals surface area contributed by atoms with Gasteiger partial charge in [-0.15, -0.1) is 6.58 Å². The Morgan fingerprint density at radius 2 is 1.49 bits per heavy atom. The smallest absolute Gasteiger partial charge is 0.405 e. The molecule has 2 aromatic carbocycles. The van der Waals surface area contributed by atoms with Crippen molar-refractivity contribution in [2.24, 2.45) is 0 Å². The van der Waals surface area contributed by atoms with E-state index in [1.807, 2.05) is 35.6 Å². The lowest BCUT2D eigenvalue weighted by Gasteiger charge is -2.25. The number of rotatable bonds is 17. The zero-order chi connectivity index (χ0) is 31.8. The van der Waals surface area contributed by atoms with E-state index in [1.165, 1.54) is 19.1 Å². The van der Waals surface area contributed by atoms with Crippen molar-refractivity contribution in [1.82, 2.24) is 21.3 Å². The summed E-state index contributed by atoms with van der Waals surface area (Å²) in [6.45, 7) is 7.03. The lowest BCUT2D eigenvalue weighted by atomic mass is 10.0. The van der Waals surface area contributed by atoms with Gasteiger partial charge >= 0.3 is 6.18 Å². The molecule has 12 heteroatoms. The molecule has 0 fully saturated rings. The molecule has 43 heavy (non-hydrogen) atoms. The molecule has 2 rings (SSSR count). The molecule has 0 heterocycles. The monoisotopic (exact) mass is 602 g/mol. The maximum absolute atomic E-state index is 13.5. The van der Waals surface area contributed by atoms with Crippen LogP contribution in [0.25, 0.3) is 0 Å². The van der Waals surface area contributed by atoms with Crippen molar-refractivity contribution < 1.29 is 37.1 Å². The van der Waals surface area contributed by atoms with Gasteiger partial charge in [0.1, 0.15) is 37.0 Å². The molecule has 0 saturated carbocycles. The third kappa shape index (κ3) is 13.3. The number of benzene rings is 2. The third-order valence-corrected chi connectivity index (χ3v) is 6.10. The van der Waals surface area contributed by atoms with E-state index in [1.54, 1.807) is 24.3 Å². The summed E-state index contributed by atoms with van der Waals surface area (Å²) in [5.41, 5.74) is 1.38. The van der Waals surface area contributed by atoms with E-state index in [9.17, 15) is 32.3 Å². The van der Waals surface area contributed by atoms with E-state index in [4.69, 9.17) is 4.74 Å². The predicted octanol–water partition coefficient (Wildman–Crippen LogP) is 3.16. The van der Waals surface area contributed by atoms with Crippen LogP contribution < -0.4 is 26.0 Å². The normalized spacial score (nSPS) is 13.0. The molecule has 4 amide bonds. The average Bonchev–Trinajstić information content (AvgIpc) is 2.96. The van der Waals surface area contributed by atoms with Gasteiger partial charge in [-0.25, -0.2) is 0 Å². The molecule has 3 atom stereocenters. The van der Waals surface area contributed by atoms with Crippen LogP contribution in [0.3, 0.4) is 0 Å². The second-order valence-corrected chi connectivity index (χ2v) is 9.71. The van der Waals surface area contributed by atoms with E-state index in [0.29, 0.717) is 17.7 Å². The van der Waals surface area contributed by atoms with E-state index in [-0.39, 0.29) is 25.9 Å². The number of carbonyl (C=O) groups is 4. The minimum absolute atomic E-state index is 0.0885. The van der Waals surface area contributed by atoms with Crippen LogP contribution in [-0.4, -0.2) is 61.1 Å². The maximum atomic E-state index is 13.5. The van der Waals surface area contributed by atoms with Crippen LogP contribution in [0.15, 0.2) is 79.9 Å². The SMILES string of the molecule is C=CCOc1cccc(C[C@H](NC(=O)[C@H](CCc2ccccc2)NC(=O)[C@H](CC=C)NC(C)=O)C(=O)NCC(F)(F)F)c1. The van der Waals surface area contributed by atoms with Crippen molar-refractivity contribution in [2.75, 3.05) is 13.2 Å². The van der Waals surface area contributed by atoms with E-state index in [0.717, 1.165) is 5.56 Å². The van der Waals surface area contributed by atoms with Gasteiger partial charge in [0.15, 0.2) is 0 Å². The van der Waals surface area contributed by atoms with Crippen LogP contribution >= 0.6 is 0 Å². The predicted molar refractivity (Wildman–Crippen MR) is 156 cm³/mol. The summed E-state index contributed by atoms with van der Waals surface area (Å²) in [5.74, 6) is -2.52. The fourth-order valence-electron chi connectivity index (χ4n) is 4.09. The Kier molecular flexibility index (Phi) is 14.0. The number of aryl methyl sites for hydroxylation is 1. The minimum Gasteiger partial charge on any atom is -0.490 e. The standard InChI is InChI=1S/C31H37F3N4O5/c1-4-10-25(36-21(3)39)29(41)37-26(16-15-22-11-7-6-8-12-22)30(42)38-27(28(40)35-20-31(32,33)34)19-23-13-9-14-24(18-23)43-17-5-2/h4-9,11-14,18,25-27H,1-2,10,15-17,19-20H2,3H3,(H,35,40)(H,36,39)(H,37,41)(H,38,42)/t25-,26-,27-/m0/s1. The molecule has 9 nitrogen and oxygen atoms in total. The van der Waals surface area contributed by atoms with E-state index >= 15 is 0 Å². The lowest BCUT2D eigenvalue weighted by Crippen LogP contribution is -2.57. The topological polar surface area (TPSA) is 126 Å². The summed E-state index contributed by atoms with van der Waals surface area (Å²) >= 11 is 0. The molecule has 0 aliphatic rings.